The van der Waals surface area contributed by atoms with Crippen LogP contribution < -0.4 is 11.1 Å². The number of halogens is 1. The molecule has 4 heteroatoms. The van der Waals surface area contributed by atoms with Crippen LogP contribution in [0.2, 0.25) is 5.02 Å². The third-order valence-electron chi connectivity index (χ3n) is 3.79. The topological polar surface area (TPSA) is 55.1 Å². The van der Waals surface area contributed by atoms with E-state index in [1.807, 2.05) is 0 Å². The van der Waals surface area contributed by atoms with Crippen molar-refractivity contribution in [1.29, 1.82) is 0 Å². The van der Waals surface area contributed by atoms with Crippen molar-refractivity contribution >= 4 is 23.1 Å². The van der Waals surface area contributed by atoms with Gasteiger partial charge in [0, 0.05) is 17.5 Å². The summed E-state index contributed by atoms with van der Waals surface area (Å²) in [6.07, 6.45) is 1.80. The van der Waals surface area contributed by atoms with Gasteiger partial charge in [-0.1, -0.05) is 25.4 Å². The van der Waals surface area contributed by atoms with Gasteiger partial charge in [0.05, 0.1) is 10.7 Å². The predicted octanol–water partition coefficient (Wildman–Crippen LogP) is 3.13. The maximum Gasteiger partial charge on any atom is 0.170 e. The van der Waals surface area contributed by atoms with Crippen LogP contribution in [0.25, 0.3) is 0 Å². The lowest BCUT2D eigenvalue weighted by atomic mass is 9.74. The van der Waals surface area contributed by atoms with Crippen LogP contribution in [0.1, 0.15) is 37.0 Å². The molecule has 1 aliphatic rings. The zero-order valence-electron chi connectivity index (χ0n) is 11.5. The first-order valence-corrected chi connectivity index (χ1v) is 7.13. The number of Topliss-reactive ketones (excluding diaryl/α,β-unsaturated/α-hetero) is 1. The van der Waals surface area contributed by atoms with Gasteiger partial charge in [-0.15, -0.1) is 0 Å². The summed E-state index contributed by atoms with van der Waals surface area (Å²) in [5.41, 5.74) is 6.60. The molecule has 0 aromatic heterocycles. The van der Waals surface area contributed by atoms with Crippen molar-refractivity contribution in [3.63, 3.8) is 0 Å². The number of nitrogens with two attached hydrogens (primary N) is 1. The van der Waals surface area contributed by atoms with Crippen molar-refractivity contribution in [2.75, 3.05) is 18.8 Å². The van der Waals surface area contributed by atoms with Crippen LogP contribution in [0.4, 0.5) is 5.69 Å². The smallest absolute Gasteiger partial charge is 0.170 e. The maximum absolute atomic E-state index is 12.8. The van der Waals surface area contributed by atoms with E-state index < -0.39 is 0 Å². The molecule has 0 aliphatic carbocycles. The lowest BCUT2D eigenvalue weighted by Crippen LogP contribution is -2.35. The molecule has 19 heavy (non-hydrogen) atoms. The fourth-order valence-electron chi connectivity index (χ4n) is 2.96. The van der Waals surface area contributed by atoms with Gasteiger partial charge in [0.1, 0.15) is 0 Å². The van der Waals surface area contributed by atoms with Crippen molar-refractivity contribution in [2.24, 2.45) is 11.3 Å². The fourth-order valence-corrected chi connectivity index (χ4v) is 3.14. The minimum absolute atomic E-state index is 0.188. The van der Waals surface area contributed by atoms with Crippen molar-refractivity contribution in [3.8, 4) is 0 Å². The molecule has 1 heterocycles. The van der Waals surface area contributed by atoms with E-state index in [-0.39, 0.29) is 11.2 Å². The first-order valence-electron chi connectivity index (χ1n) is 6.75. The minimum atomic E-state index is -0.284. The van der Waals surface area contributed by atoms with E-state index in [2.05, 4.69) is 19.2 Å². The van der Waals surface area contributed by atoms with Gasteiger partial charge in [-0.25, -0.2) is 0 Å². The molecule has 3 nitrogen and oxygen atoms in total. The van der Waals surface area contributed by atoms with Gasteiger partial charge in [0.15, 0.2) is 5.78 Å². The summed E-state index contributed by atoms with van der Waals surface area (Å²) >= 11 is 6.02. The number of rotatable bonds is 4. The standard InChI is InChI=1S/C15H21ClN2O/c1-10(2)8-15(5-6-18-9-15)14(19)11-3-4-13(17)12(16)7-11/h3-4,7,10,18H,5-6,8-9,17H2,1-2H3. The zero-order valence-corrected chi connectivity index (χ0v) is 12.3. The van der Waals surface area contributed by atoms with Crippen LogP contribution in [0, 0.1) is 11.3 Å². The molecule has 1 atom stereocenters. The van der Waals surface area contributed by atoms with E-state index in [1.165, 1.54) is 0 Å². The molecule has 104 valence electrons. The SMILES string of the molecule is CC(C)CC1(C(=O)c2ccc(N)c(Cl)c2)CCNC1. The van der Waals surface area contributed by atoms with Gasteiger partial charge < -0.3 is 11.1 Å². The highest BCUT2D eigenvalue weighted by Crippen LogP contribution is 2.37. The number of carbonyl (C=O) groups is 1. The molecule has 1 unspecified atom stereocenters. The van der Waals surface area contributed by atoms with Crippen LogP contribution in [0.3, 0.4) is 0 Å². The molecular formula is C15H21ClN2O. The van der Waals surface area contributed by atoms with Crippen LogP contribution in [-0.2, 0) is 0 Å². The lowest BCUT2D eigenvalue weighted by molar-refractivity contribution is 0.0782. The molecule has 0 bridgehead atoms. The van der Waals surface area contributed by atoms with Gasteiger partial charge in [0.25, 0.3) is 0 Å². The molecule has 2 rings (SSSR count). The Morgan fingerprint density at radius 1 is 1.53 bits per heavy atom. The summed E-state index contributed by atoms with van der Waals surface area (Å²) in [4.78, 5) is 12.8. The average molecular weight is 281 g/mol. The van der Waals surface area contributed by atoms with E-state index in [1.54, 1.807) is 18.2 Å². The molecule has 1 fully saturated rings. The highest BCUT2D eigenvalue weighted by Gasteiger charge is 2.41. The number of anilines is 1. The minimum Gasteiger partial charge on any atom is -0.398 e. The Bertz CT molecular complexity index is 479. The molecule has 1 aromatic carbocycles. The second kappa shape index (κ2) is 5.51. The van der Waals surface area contributed by atoms with Crippen LogP contribution in [0.15, 0.2) is 18.2 Å². The Balaban J connectivity index is 2.31. The Labute approximate surface area is 119 Å². The van der Waals surface area contributed by atoms with Crippen LogP contribution in [-0.4, -0.2) is 18.9 Å². The highest BCUT2D eigenvalue weighted by molar-refractivity contribution is 6.33. The molecule has 0 spiro atoms. The van der Waals surface area contributed by atoms with Gasteiger partial charge in [0.2, 0.25) is 0 Å². The average Bonchev–Trinajstić information content (AvgIpc) is 2.80. The number of benzene rings is 1. The summed E-state index contributed by atoms with van der Waals surface area (Å²) in [5, 5.41) is 3.77. The third-order valence-corrected chi connectivity index (χ3v) is 4.11. The summed E-state index contributed by atoms with van der Waals surface area (Å²) in [6, 6.07) is 5.19. The molecule has 1 aromatic rings. The fraction of sp³-hybridized carbons (Fsp3) is 0.533. The number of nitrogen functional groups attached to an aromatic ring is 1. The van der Waals surface area contributed by atoms with Gasteiger partial charge in [-0.05, 0) is 43.5 Å². The van der Waals surface area contributed by atoms with Crippen LogP contribution in [0.5, 0.6) is 0 Å². The lowest BCUT2D eigenvalue weighted by Gasteiger charge is -2.28. The van der Waals surface area contributed by atoms with E-state index >= 15 is 0 Å². The zero-order chi connectivity index (χ0) is 14.0. The largest absolute Gasteiger partial charge is 0.398 e. The maximum atomic E-state index is 12.8. The Morgan fingerprint density at radius 3 is 2.79 bits per heavy atom. The van der Waals surface area contributed by atoms with Gasteiger partial charge in [-0.2, -0.15) is 0 Å². The number of nitrogens with one attached hydrogen (secondary N) is 1. The number of carbonyl (C=O) groups excluding carboxylic acids is 1. The monoisotopic (exact) mass is 280 g/mol. The summed E-state index contributed by atoms with van der Waals surface area (Å²) in [7, 11) is 0. The first-order chi connectivity index (χ1) is 8.94. The third kappa shape index (κ3) is 2.93. The summed E-state index contributed by atoms with van der Waals surface area (Å²) in [5.74, 6) is 0.682. The molecule has 0 radical (unpaired) electrons. The quantitative estimate of drug-likeness (QED) is 0.658. The van der Waals surface area contributed by atoms with Gasteiger partial charge >= 0.3 is 0 Å². The number of hydrogen-bond acceptors (Lipinski definition) is 3. The van der Waals surface area contributed by atoms with E-state index in [9.17, 15) is 4.79 Å². The van der Waals surface area contributed by atoms with Crippen molar-refractivity contribution in [3.05, 3.63) is 28.8 Å². The van der Waals surface area contributed by atoms with Gasteiger partial charge in [-0.3, -0.25) is 4.79 Å². The Hall–Kier alpha value is -1.06. The highest BCUT2D eigenvalue weighted by atomic mass is 35.5. The first kappa shape index (κ1) is 14.4. The molecule has 0 amide bonds. The second-order valence-electron chi connectivity index (χ2n) is 5.87. The van der Waals surface area contributed by atoms with E-state index in [0.29, 0.717) is 22.2 Å². The van der Waals surface area contributed by atoms with E-state index in [0.717, 1.165) is 25.9 Å². The predicted molar refractivity (Wildman–Crippen MR) is 79.6 cm³/mol. The normalized spacial score (nSPS) is 22.9. The van der Waals surface area contributed by atoms with Crippen molar-refractivity contribution in [1.82, 2.24) is 5.32 Å². The summed E-state index contributed by atoms with van der Waals surface area (Å²) < 4.78 is 0. The molecule has 1 aliphatic heterocycles. The number of ketones is 1. The summed E-state index contributed by atoms with van der Waals surface area (Å²) in [6.45, 7) is 5.97. The van der Waals surface area contributed by atoms with Crippen molar-refractivity contribution in [2.45, 2.75) is 26.7 Å². The second-order valence-corrected chi connectivity index (χ2v) is 6.28. The Morgan fingerprint density at radius 2 is 2.26 bits per heavy atom. The molecule has 1 saturated heterocycles. The molecule has 0 saturated carbocycles. The molecular weight excluding hydrogens is 260 g/mol. The van der Waals surface area contributed by atoms with Crippen molar-refractivity contribution < 1.29 is 4.79 Å². The Kier molecular flexibility index (Phi) is 4.16. The number of hydrogen-bond donors (Lipinski definition) is 2. The van der Waals surface area contributed by atoms with E-state index in [4.69, 9.17) is 17.3 Å². The molecule has 3 N–H and O–H groups in total. The van der Waals surface area contributed by atoms with Crippen LogP contribution >= 0.6 is 11.6 Å².